The maximum Gasteiger partial charge on any atom is 0.294 e. The van der Waals surface area contributed by atoms with Crippen LogP contribution >= 0.6 is 0 Å². The average molecular weight is 481 g/mol. The monoisotopic (exact) mass is 480 g/mol. The van der Waals surface area contributed by atoms with Crippen molar-refractivity contribution < 1.29 is 4.79 Å². The zero-order chi connectivity index (χ0) is 25.1. The van der Waals surface area contributed by atoms with Gasteiger partial charge in [0.05, 0.1) is 23.5 Å². The minimum Gasteiger partial charge on any atom is -0.352 e. The Bertz CT molecular complexity index is 1420. The highest BCUT2D eigenvalue weighted by molar-refractivity contribution is 5.80. The summed E-state index contributed by atoms with van der Waals surface area (Å²) in [4.78, 5) is 33.5. The van der Waals surface area contributed by atoms with Gasteiger partial charge in [-0.05, 0) is 49.9 Å². The highest BCUT2D eigenvalue weighted by atomic mass is 16.2. The number of hydrogen-bond acceptors (Lipinski definition) is 4. The van der Waals surface area contributed by atoms with E-state index in [0.717, 1.165) is 35.0 Å². The van der Waals surface area contributed by atoms with E-state index in [9.17, 15) is 9.59 Å². The number of anilines is 1. The van der Waals surface area contributed by atoms with Crippen molar-refractivity contribution in [2.45, 2.75) is 39.8 Å². The van der Waals surface area contributed by atoms with Crippen LogP contribution in [-0.4, -0.2) is 28.5 Å². The summed E-state index contributed by atoms with van der Waals surface area (Å²) in [6.45, 7) is 6.29. The number of nitrogens with one attached hydrogen (secondary N) is 1. The Balaban J connectivity index is 1.38. The first-order chi connectivity index (χ1) is 17.5. The van der Waals surface area contributed by atoms with Crippen molar-refractivity contribution in [1.82, 2.24) is 14.9 Å². The zero-order valence-corrected chi connectivity index (χ0v) is 20.9. The number of amides is 1. The number of fused-ring (bicyclic) bond motifs is 1. The summed E-state index contributed by atoms with van der Waals surface area (Å²) in [6.07, 6.45) is 1.65. The lowest BCUT2D eigenvalue weighted by Gasteiger charge is -2.32. The topological polar surface area (TPSA) is 67.2 Å². The van der Waals surface area contributed by atoms with Crippen LogP contribution in [0.2, 0.25) is 0 Å². The number of hydrogen-bond donors (Lipinski definition) is 1. The smallest absolute Gasteiger partial charge is 0.294 e. The van der Waals surface area contributed by atoms with E-state index in [1.165, 1.54) is 11.1 Å². The lowest BCUT2D eigenvalue weighted by Crippen LogP contribution is -2.45. The molecule has 3 aromatic carbocycles. The van der Waals surface area contributed by atoms with Crippen LogP contribution in [0.4, 0.5) is 5.82 Å². The van der Waals surface area contributed by atoms with E-state index in [1.54, 1.807) is 0 Å². The molecule has 1 fully saturated rings. The Kier molecular flexibility index (Phi) is 6.85. The average Bonchev–Trinajstić information content (AvgIpc) is 2.91. The molecule has 36 heavy (non-hydrogen) atoms. The van der Waals surface area contributed by atoms with Crippen LogP contribution in [-0.2, 0) is 17.9 Å². The molecule has 4 aromatic rings. The zero-order valence-electron chi connectivity index (χ0n) is 20.9. The number of para-hydroxylation sites is 2. The number of benzene rings is 3. The van der Waals surface area contributed by atoms with Gasteiger partial charge in [-0.1, -0.05) is 71.8 Å². The molecule has 6 heteroatoms. The van der Waals surface area contributed by atoms with E-state index in [-0.39, 0.29) is 17.4 Å². The molecule has 0 spiro atoms. The van der Waals surface area contributed by atoms with E-state index >= 15 is 0 Å². The number of nitrogens with zero attached hydrogens (tertiary/aromatic N) is 3. The van der Waals surface area contributed by atoms with E-state index in [4.69, 9.17) is 4.98 Å². The fourth-order valence-electron chi connectivity index (χ4n) is 4.84. The molecule has 5 rings (SSSR count). The normalized spacial score (nSPS) is 15.7. The molecule has 0 saturated carbocycles. The third kappa shape index (κ3) is 5.18. The Morgan fingerprint density at radius 2 is 1.61 bits per heavy atom. The molecule has 1 amide bonds. The summed E-state index contributed by atoms with van der Waals surface area (Å²) < 4.78 is 1.81. The predicted molar refractivity (Wildman–Crippen MR) is 144 cm³/mol. The first-order valence-corrected chi connectivity index (χ1v) is 12.6. The molecule has 1 N–H and O–H groups in total. The third-order valence-corrected chi connectivity index (χ3v) is 6.98. The molecule has 0 aliphatic carbocycles. The fraction of sp³-hybridized carbons (Fsp3) is 0.300. The summed E-state index contributed by atoms with van der Waals surface area (Å²) in [6, 6.07) is 24.2. The van der Waals surface area contributed by atoms with Gasteiger partial charge < -0.3 is 10.2 Å². The molecular formula is C30H32N4O2. The summed E-state index contributed by atoms with van der Waals surface area (Å²) in [5.74, 6) is 0.278. The molecule has 1 aromatic heterocycles. The second kappa shape index (κ2) is 10.4. The van der Waals surface area contributed by atoms with Gasteiger partial charge in [-0.25, -0.2) is 4.98 Å². The molecule has 6 nitrogen and oxygen atoms in total. The molecule has 0 bridgehead atoms. The van der Waals surface area contributed by atoms with Crippen molar-refractivity contribution in [3.05, 3.63) is 105 Å². The van der Waals surface area contributed by atoms with Gasteiger partial charge in [0, 0.05) is 19.6 Å². The van der Waals surface area contributed by atoms with Crippen molar-refractivity contribution in [1.29, 1.82) is 0 Å². The van der Waals surface area contributed by atoms with Gasteiger partial charge >= 0.3 is 0 Å². The second-order valence-electron chi connectivity index (χ2n) is 9.79. The van der Waals surface area contributed by atoms with Gasteiger partial charge in [0.15, 0.2) is 5.82 Å². The summed E-state index contributed by atoms with van der Waals surface area (Å²) in [5.41, 5.74) is 6.01. The summed E-state index contributed by atoms with van der Waals surface area (Å²) >= 11 is 0. The van der Waals surface area contributed by atoms with Crippen LogP contribution < -0.4 is 15.8 Å². The molecule has 0 unspecified atom stereocenters. The van der Waals surface area contributed by atoms with Crippen LogP contribution in [0.15, 0.2) is 77.6 Å². The molecule has 1 aliphatic rings. The van der Waals surface area contributed by atoms with E-state index in [1.807, 2.05) is 45.9 Å². The molecule has 1 saturated heterocycles. The van der Waals surface area contributed by atoms with E-state index in [0.29, 0.717) is 32.0 Å². The van der Waals surface area contributed by atoms with Gasteiger partial charge in [-0.15, -0.1) is 0 Å². The quantitative estimate of drug-likeness (QED) is 0.438. The predicted octanol–water partition coefficient (Wildman–Crippen LogP) is 4.59. The van der Waals surface area contributed by atoms with Crippen LogP contribution in [0.1, 0.15) is 35.1 Å². The van der Waals surface area contributed by atoms with Crippen molar-refractivity contribution >= 4 is 22.8 Å². The number of aryl methyl sites for hydroxylation is 2. The van der Waals surface area contributed by atoms with Gasteiger partial charge in [-0.3, -0.25) is 14.2 Å². The van der Waals surface area contributed by atoms with Crippen molar-refractivity contribution in [2.24, 2.45) is 5.92 Å². The Labute approximate surface area is 211 Å². The van der Waals surface area contributed by atoms with Crippen molar-refractivity contribution in [3.8, 4) is 0 Å². The van der Waals surface area contributed by atoms with E-state index in [2.05, 4.69) is 55.6 Å². The molecule has 184 valence electrons. The molecular weight excluding hydrogens is 448 g/mol. The maximum atomic E-state index is 13.7. The largest absolute Gasteiger partial charge is 0.352 e. The van der Waals surface area contributed by atoms with Gasteiger partial charge in [0.1, 0.15) is 0 Å². The number of aromatic nitrogens is 2. The minimum absolute atomic E-state index is 0.0287. The lowest BCUT2D eigenvalue weighted by atomic mass is 9.97. The van der Waals surface area contributed by atoms with E-state index < -0.39 is 0 Å². The molecule has 0 radical (unpaired) electrons. The van der Waals surface area contributed by atoms with Crippen LogP contribution in [0.5, 0.6) is 0 Å². The highest BCUT2D eigenvalue weighted by Gasteiger charge is 2.28. The summed E-state index contributed by atoms with van der Waals surface area (Å²) in [7, 11) is 0. The Hall–Kier alpha value is -3.93. The molecule has 1 aliphatic heterocycles. The standard InChI is InChI=1S/C30H32N4O2/c1-21-9-13-23(14-10-21)18-31-29(35)25-6-5-17-33(20-25)28-30(36)34(19-24-15-11-22(2)12-16-24)27-8-4-3-7-26(27)32-28/h3-4,7-16,25H,5-6,17-20H2,1-2H3,(H,31,35)/t25-/m0/s1. The molecule has 1 atom stereocenters. The van der Waals surface area contributed by atoms with Crippen LogP contribution in [0, 0.1) is 19.8 Å². The lowest BCUT2D eigenvalue weighted by molar-refractivity contribution is -0.125. The van der Waals surface area contributed by atoms with Crippen molar-refractivity contribution in [3.63, 3.8) is 0 Å². The van der Waals surface area contributed by atoms with Crippen LogP contribution in [0.3, 0.4) is 0 Å². The number of rotatable bonds is 6. The Morgan fingerprint density at radius 3 is 2.33 bits per heavy atom. The SMILES string of the molecule is Cc1ccc(CNC(=O)[C@H]2CCCN(c3nc4ccccc4n(Cc4ccc(C)cc4)c3=O)C2)cc1. The number of piperidine rings is 1. The van der Waals surface area contributed by atoms with Crippen molar-refractivity contribution in [2.75, 3.05) is 18.0 Å². The minimum atomic E-state index is -0.178. The third-order valence-electron chi connectivity index (χ3n) is 6.98. The van der Waals surface area contributed by atoms with Gasteiger partial charge in [0.2, 0.25) is 5.91 Å². The first-order valence-electron chi connectivity index (χ1n) is 12.6. The second-order valence-corrected chi connectivity index (χ2v) is 9.79. The summed E-state index contributed by atoms with van der Waals surface area (Å²) in [5, 5.41) is 3.08. The van der Waals surface area contributed by atoms with Gasteiger partial charge in [-0.2, -0.15) is 0 Å². The first kappa shape index (κ1) is 23.8. The van der Waals surface area contributed by atoms with Gasteiger partial charge in [0.25, 0.3) is 5.56 Å². The number of carbonyl (C=O) groups is 1. The highest BCUT2D eigenvalue weighted by Crippen LogP contribution is 2.22. The Morgan fingerprint density at radius 1 is 0.944 bits per heavy atom. The fourth-order valence-corrected chi connectivity index (χ4v) is 4.84. The number of carbonyl (C=O) groups excluding carboxylic acids is 1. The molecule has 2 heterocycles. The van der Waals surface area contributed by atoms with Crippen LogP contribution in [0.25, 0.3) is 11.0 Å². The maximum absolute atomic E-state index is 13.7.